The van der Waals surface area contributed by atoms with Crippen molar-refractivity contribution in [1.82, 2.24) is 10.2 Å². The first-order valence-electron chi connectivity index (χ1n) is 5.33. The van der Waals surface area contributed by atoms with Gasteiger partial charge in [0.05, 0.1) is 6.54 Å². The first kappa shape index (κ1) is 10.5. The molecule has 0 atom stereocenters. The van der Waals surface area contributed by atoms with E-state index in [1.54, 1.807) is 0 Å². The lowest BCUT2D eigenvalue weighted by Crippen LogP contribution is -2.38. The molecule has 3 heteroatoms. The van der Waals surface area contributed by atoms with Crippen LogP contribution in [0.1, 0.15) is 32.6 Å². The van der Waals surface area contributed by atoms with Gasteiger partial charge in [-0.15, -0.1) is 0 Å². The Labute approximate surface area is 80.5 Å². The molecule has 0 aromatic carbocycles. The number of carbonyl (C=O) groups is 1. The SMILES string of the molecule is CCNCC(=O)N1CCCCCC1. The predicted octanol–water partition coefficient (Wildman–Crippen LogP) is 0.998. The molecule has 1 amide bonds. The number of likely N-dealkylation sites (N-methyl/N-ethyl adjacent to an activating group) is 1. The zero-order chi connectivity index (χ0) is 9.52. The van der Waals surface area contributed by atoms with Gasteiger partial charge in [-0.05, 0) is 19.4 Å². The molecule has 13 heavy (non-hydrogen) atoms. The molecule has 0 spiro atoms. The van der Waals surface area contributed by atoms with Crippen LogP contribution in [0.4, 0.5) is 0 Å². The number of carbonyl (C=O) groups excluding carboxylic acids is 1. The maximum atomic E-state index is 11.6. The topological polar surface area (TPSA) is 32.3 Å². The second-order valence-corrected chi connectivity index (χ2v) is 3.58. The van der Waals surface area contributed by atoms with Crippen molar-refractivity contribution in [1.29, 1.82) is 0 Å². The minimum absolute atomic E-state index is 0.267. The Morgan fingerprint density at radius 1 is 1.23 bits per heavy atom. The zero-order valence-electron chi connectivity index (χ0n) is 8.51. The molecule has 1 heterocycles. The molecule has 1 saturated heterocycles. The van der Waals surface area contributed by atoms with E-state index in [9.17, 15) is 4.79 Å². The highest BCUT2D eigenvalue weighted by Crippen LogP contribution is 2.09. The molecule has 1 fully saturated rings. The summed E-state index contributed by atoms with van der Waals surface area (Å²) >= 11 is 0. The molecule has 0 aromatic heterocycles. The summed E-state index contributed by atoms with van der Waals surface area (Å²) in [6, 6.07) is 0. The highest BCUT2D eigenvalue weighted by Gasteiger charge is 2.13. The largest absolute Gasteiger partial charge is 0.342 e. The number of likely N-dealkylation sites (tertiary alicyclic amines) is 1. The quantitative estimate of drug-likeness (QED) is 0.709. The number of amides is 1. The number of nitrogens with one attached hydrogen (secondary N) is 1. The van der Waals surface area contributed by atoms with E-state index >= 15 is 0 Å². The van der Waals surface area contributed by atoms with Crippen LogP contribution in [0.15, 0.2) is 0 Å². The maximum Gasteiger partial charge on any atom is 0.236 e. The van der Waals surface area contributed by atoms with Crippen LogP contribution in [0.25, 0.3) is 0 Å². The van der Waals surface area contributed by atoms with Crippen molar-refractivity contribution in [2.24, 2.45) is 0 Å². The first-order chi connectivity index (χ1) is 6.34. The molecule has 3 nitrogen and oxygen atoms in total. The smallest absolute Gasteiger partial charge is 0.236 e. The third-order valence-corrected chi connectivity index (χ3v) is 2.48. The third-order valence-electron chi connectivity index (χ3n) is 2.48. The fraction of sp³-hybridized carbons (Fsp3) is 0.900. The molecule has 1 aliphatic heterocycles. The Morgan fingerprint density at radius 2 is 1.85 bits per heavy atom. The summed E-state index contributed by atoms with van der Waals surface area (Å²) in [4.78, 5) is 13.6. The van der Waals surface area contributed by atoms with Gasteiger partial charge in [-0.1, -0.05) is 19.8 Å². The average Bonchev–Trinajstić information content (AvgIpc) is 2.42. The van der Waals surface area contributed by atoms with E-state index in [4.69, 9.17) is 0 Å². The average molecular weight is 184 g/mol. The molecular formula is C10H20N2O. The summed E-state index contributed by atoms with van der Waals surface area (Å²) in [5, 5.41) is 3.07. The fourth-order valence-corrected chi connectivity index (χ4v) is 1.66. The first-order valence-corrected chi connectivity index (χ1v) is 5.33. The number of nitrogens with zero attached hydrogens (tertiary/aromatic N) is 1. The van der Waals surface area contributed by atoms with Crippen molar-refractivity contribution in [3.05, 3.63) is 0 Å². The summed E-state index contributed by atoms with van der Waals surface area (Å²) in [6.07, 6.45) is 4.92. The summed E-state index contributed by atoms with van der Waals surface area (Å²) in [7, 11) is 0. The Hall–Kier alpha value is -0.570. The molecule has 0 unspecified atom stereocenters. The molecule has 0 bridgehead atoms. The molecule has 0 aromatic rings. The van der Waals surface area contributed by atoms with Gasteiger partial charge in [0.15, 0.2) is 0 Å². The molecule has 1 rings (SSSR count). The van der Waals surface area contributed by atoms with Gasteiger partial charge in [0.25, 0.3) is 0 Å². The van der Waals surface area contributed by atoms with E-state index in [2.05, 4.69) is 5.32 Å². The van der Waals surface area contributed by atoms with Gasteiger partial charge >= 0.3 is 0 Å². The van der Waals surface area contributed by atoms with Crippen LogP contribution in [-0.4, -0.2) is 37.0 Å². The molecule has 0 saturated carbocycles. The van der Waals surface area contributed by atoms with Crippen molar-refractivity contribution in [2.45, 2.75) is 32.6 Å². The maximum absolute atomic E-state index is 11.6. The van der Waals surface area contributed by atoms with Crippen LogP contribution in [-0.2, 0) is 4.79 Å². The molecule has 76 valence electrons. The number of hydrogen-bond donors (Lipinski definition) is 1. The lowest BCUT2D eigenvalue weighted by molar-refractivity contribution is -0.130. The summed E-state index contributed by atoms with van der Waals surface area (Å²) in [5.41, 5.74) is 0. The number of hydrogen-bond acceptors (Lipinski definition) is 2. The highest BCUT2D eigenvalue weighted by atomic mass is 16.2. The van der Waals surface area contributed by atoms with Crippen LogP contribution in [0.3, 0.4) is 0 Å². The highest BCUT2D eigenvalue weighted by molar-refractivity contribution is 5.78. The van der Waals surface area contributed by atoms with Crippen molar-refractivity contribution in [3.8, 4) is 0 Å². The minimum Gasteiger partial charge on any atom is -0.342 e. The zero-order valence-corrected chi connectivity index (χ0v) is 8.51. The molecule has 0 radical (unpaired) electrons. The van der Waals surface area contributed by atoms with E-state index in [1.165, 1.54) is 25.7 Å². The summed E-state index contributed by atoms with van der Waals surface area (Å²) < 4.78 is 0. The van der Waals surface area contributed by atoms with E-state index in [0.717, 1.165) is 19.6 Å². The van der Waals surface area contributed by atoms with Crippen LogP contribution in [0, 0.1) is 0 Å². The van der Waals surface area contributed by atoms with E-state index in [1.807, 2.05) is 11.8 Å². The lowest BCUT2D eigenvalue weighted by Gasteiger charge is -2.20. The Morgan fingerprint density at radius 3 is 2.38 bits per heavy atom. The van der Waals surface area contributed by atoms with Crippen molar-refractivity contribution in [3.63, 3.8) is 0 Å². The summed E-state index contributed by atoms with van der Waals surface area (Å²) in [6.45, 7) is 5.33. The van der Waals surface area contributed by atoms with Crippen LogP contribution < -0.4 is 5.32 Å². The lowest BCUT2D eigenvalue weighted by atomic mass is 10.2. The van der Waals surface area contributed by atoms with Gasteiger partial charge in [0.2, 0.25) is 5.91 Å². The van der Waals surface area contributed by atoms with Crippen LogP contribution >= 0.6 is 0 Å². The third kappa shape index (κ3) is 3.77. The molecule has 1 N–H and O–H groups in total. The van der Waals surface area contributed by atoms with Crippen molar-refractivity contribution >= 4 is 5.91 Å². The number of rotatable bonds is 3. The van der Waals surface area contributed by atoms with E-state index in [-0.39, 0.29) is 5.91 Å². The van der Waals surface area contributed by atoms with E-state index in [0.29, 0.717) is 6.54 Å². The minimum atomic E-state index is 0.267. The molecular weight excluding hydrogens is 164 g/mol. The second-order valence-electron chi connectivity index (χ2n) is 3.58. The van der Waals surface area contributed by atoms with Crippen molar-refractivity contribution < 1.29 is 4.79 Å². The van der Waals surface area contributed by atoms with Crippen LogP contribution in [0.2, 0.25) is 0 Å². The van der Waals surface area contributed by atoms with Gasteiger partial charge in [0, 0.05) is 13.1 Å². The van der Waals surface area contributed by atoms with Crippen molar-refractivity contribution in [2.75, 3.05) is 26.2 Å². The van der Waals surface area contributed by atoms with Crippen LogP contribution in [0.5, 0.6) is 0 Å². The van der Waals surface area contributed by atoms with Gasteiger partial charge < -0.3 is 10.2 Å². The monoisotopic (exact) mass is 184 g/mol. The fourth-order valence-electron chi connectivity index (χ4n) is 1.66. The van der Waals surface area contributed by atoms with Gasteiger partial charge in [0.1, 0.15) is 0 Å². The second kappa shape index (κ2) is 5.97. The van der Waals surface area contributed by atoms with Gasteiger partial charge in [-0.2, -0.15) is 0 Å². The van der Waals surface area contributed by atoms with Gasteiger partial charge in [-0.25, -0.2) is 0 Å². The van der Waals surface area contributed by atoms with E-state index < -0.39 is 0 Å². The Kier molecular flexibility index (Phi) is 4.83. The summed E-state index contributed by atoms with van der Waals surface area (Å²) in [5.74, 6) is 0.267. The Balaban J connectivity index is 2.26. The normalized spacial score (nSPS) is 18.4. The van der Waals surface area contributed by atoms with Gasteiger partial charge in [-0.3, -0.25) is 4.79 Å². The molecule has 0 aliphatic carbocycles. The Bertz CT molecular complexity index is 151. The molecule has 1 aliphatic rings. The predicted molar refractivity (Wildman–Crippen MR) is 53.6 cm³/mol. The standard InChI is InChI=1S/C10H20N2O/c1-2-11-9-10(13)12-7-5-3-4-6-8-12/h11H,2-9H2,1H3.